The highest BCUT2D eigenvalue weighted by Crippen LogP contribution is 2.09. The lowest BCUT2D eigenvalue weighted by Crippen LogP contribution is -2.33. The molecular formula is C11H20N4OS. The Balaban J connectivity index is 2.36. The molecule has 0 aliphatic heterocycles. The number of carbonyl (C=O) groups excluding carboxylic acids is 1. The Morgan fingerprint density at radius 2 is 2.41 bits per heavy atom. The molecule has 0 unspecified atom stereocenters. The van der Waals surface area contributed by atoms with E-state index in [1.807, 2.05) is 7.05 Å². The molecule has 0 aliphatic carbocycles. The Kier molecular flexibility index (Phi) is 6.10. The summed E-state index contributed by atoms with van der Waals surface area (Å²) in [7, 11) is 2.02. The Morgan fingerprint density at radius 1 is 1.65 bits per heavy atom. The summed E-state index contributed by atoms with van der Waals surface area (Å²) in [6.45, 7) is 5.12. The van der Waals surface area contributed by atoms with Crippen molar-refractivity contribution in [1.82, 2.24) is 15.2 Å². The summed E-state index contributed by atoms with van der Waals surface area (Å²) in [6.07, 6.45) is 0.733. The van der Waals surface area contributed by atoms with Gasteiger partial charge in [-0.3, -0.25) is 4.79 Å². The van der Waals surface area contributed by atoms with Crippen molar-refractivity contribution in [3.63, 3.8) is 0 Å². The normalized spacial score (nSPS) is 10.8. The van der Waals surface area contributed by atoms with Crippen LogP contribution in [0.2, 0.25) is 0 Å². The van der Waals surface area contributed by atoms with Gasteiger partial charge in [0.05, 0.1) is 5.01 Å². The van der Waals surface area contributed by atoms with Crippen LogP contribution in [0, 0.1) is 0 Å². The van der Waals surface area contributed by atoms with Gasteiger partial charge in [0, 0.05) is 24.9 Å². The van der Waals surface area contributed by atoms with Crippen molar-refractivity contribution in [2.24, 2.45) is 5.73 Å². The zero-order valence-electron chi connectivity index (χ0n) is 10.4. The summed E-state index contributed by atoms with van der Waals surface area (Å²) < 4.78 is 0. The van der Waals surface area contributed by atoms with Crippen molar-refractivity contribution in [3.05, 3.63) is 16.1 Å². The van der Waals surface area contributed by atoms with Gasteiger partial charge in [-0.1, -0.05) is 6.92 Å². The van der Waals surface area contributed by atoms with Crippen LogP contribution in [0.3, 0.4) is 0 Å². The molecule has 1 amide bonds. The number of nitrogens with zero attached hydrogens (tertiary/aromatic N) is 2. The van der Waals surface area contributed by atoms with Gasteiger partial charge in [0.1, 0.15) is 5.69 Å². The third kappa shape index (κ3) is 4.80. The molecule has 5 nitrogen and oxygen atoms in total. The second-order valence-corrected chi connectivity index (χ2v) is 4.76. The van der Waals surface area contributed by atoms with Gasteiger partial charge in [0.15, 0.2) is 0 Å². The first-order valence-electron chi connectivity index (χ1n) is 5.78. The van der Waals surface area contributed by atoms with Gasteiger partial charge >= 0.3 is 0 Å². The molecular weight excluding hydrogens is 236 g/mol. The summed E-state index contributed by atoms with van der Waals surface area (Å²) >= 11 is 1.48. The van der Waals surface area contributed by atoms with E-state index in [2.05, 4.69) is 22.1 Å². The van der Waals surface area contributed by atoms with Crippen LogP contribution in [0.25, 0.3) is 0 Å². The number of likely N-dealkylation sites (N-methyl/N-ethyl adjacent to an activating group) is 1. The fourth-order valence-corrected chi connectivity index (χ4v) is 2.06. The molecule has 0 bridgehead atoms. The predicted molar refractivity (Wildman–Crippen MR) is 70.4 cm³/mol. The topological polar surface area (TPSA) is 71.2 Å². The number of rotatable bonds is 7. The lowest BCUT2D eigenvalue weighted by molar-refractivity contribution is 0.0945. The average Bonchev–Trinajstić information content (AvgIpc) is 2.78. The van der Waals surface area contributed by atoms with E-state index in [1.165, 1.54) is 11.3 Å². The lowest BCUT2D eigenvalue weighted by atomic mass is 10.4. The average molecular weight is 256 g/mol. The van der Waals surface area contributed by atoms with Gasteiger partial charge < -0.3 is 16.0 Å². The van der Waals surface area contributed by atoms with Crippen LogP contribution in [-0.2, 0) is 6.42 Å². The minimum Gasteiger partial charge on any atom is -0.349 e. The van der Waals surface area contributed by atoms with Gasteiger partial charge in [-0.05, 0) is 20.1 Å². The van der Waals surface area contributed by atoms with Crippen LogP contribution in [0.4, 0.5) is 0 Å². The number of hydrogen-bond acceptors (Lipinski definition) is 5. The lowest BCUT2D eigenvalue weighted by Gasteiger charge is -2.13. The fourth-order valence-electron chi connectivity index (χ4n) is 1.26. The van der Waals surface area contributed by atoms with Crippen molar-refractivity contribution in [3.8, 4) is 0 Å². The molecule has 0 aromatic carbocycles. The second-order valence-electron chi connectivity index (χ2n) is 3.82. The van der Waals surface area contributed by atoms with Gasteiger partial charge in [-0.15, -0.1) is 11.3 Å². The maximum Gasteiger partial charge on any atom is 0.270 e. The van der Waals surface area contributed by atoms with Gasteiger partial charge in [0.2, 0.25) is 0 Å². The number of hydrogen-bond donors (Lipinski definition) is 2. The van der Waals surface area contributed by atoms with E-state index in [0.717, 1.165) is 24.5 Å². The van der Waals surface area contributed by atoms with Crippen molar-refractivity contribution >= 4 is 17.2 Å². The minimum absolute atomic E-state index is 0.103. The van der Waals surface area contributed by atoms with Crippen molar-refractivity contribution < 1.29 is 4.79 Å². The summed E-state index contributed by atoms with van der Waals surface area (Å²) in [5.74, 6) is -0.103. The highest BCUT2D eigenvalue weighted by Gasteiger charge is 2.09. The predicted octanol–water partition coefficient (Wildman–Crippen LogP) is 0.326. The monoisotopic (exact) mass is 256 g/mol. The van der Waals surface area contributed by atoms with E-state index < -0.39 is 0 Å². The maximum atomic E-state index is 11.7. The van der Waals surface area contributed by atoms with Crippen molar-refractivity contribution in [1.29, 1.82) is 0 Å². The smallest absolute Gasteiger partial charge is 0.270 e. The first-order chi connectivity index (χ1) is 8.17. The molecule has 0 aliphatic rings. The molecule has 1 heterocycles. The first-order valence-corrected chi connectivity index (χ1v) is 6.66. The maximum absolute atomic E-state index is 11.7. The number of amides is 1. The zero-order valence-corrected chi connectivity index (χ0v) is 11.2. The summed E-state index contributed by atoms with van der Waals surface area (Å²) in [4.78, 5) is 18.1. The van der Waals surface area contributed by atoms with Crippen molar-refractivity contribution in [2.75, 3.05) is 33.2 Å². The highest BCUT2D eigenvalue weighted by molar-refractivity contribution is 7.09. The van der Waals surface area contributed by atoms with E-state index in [1.54, 1.807) is 5.38 Å². The molecule has 6 heteroatoms. The number of nitrogens with one attached hydrogen (secondary N) is 1. The zero-order chi connectivity index (χ0) is 12.7. The van der Waals surface area contributed by atoms with Gasteiger partial charge in [-0.25, -0.2) is 4.98 Å². The summed E-state index contributed by atoms with van der Waals surface area (Å²) in [6, 6.07) is 0. The standard InChI is InChI=1S/C11H20N4OS/c1-3-15(2)7-6-13-11(16)9-8-17-10(14-9)4-5-12/h8H,3-7,12H2,1-2H3,(H,13,16). The Morgan fingerprint density at radius 3 is 3.06 bits per heavy atom. The van der Waals surface area contributed by atoms with Crippen LogP contribution >= 0.6 is 11.3 Å². The molecule has 1 aromatic rings. The minimum atomic E-state index is -0.103. The summed E-state index contributed by atoms with van der Waals surface area (Å²) in [5, 5.41) is 5.55. The quantitative estimate of drug-likeness (QED) is 0.737. The molecule has 0 atom stereocenters. The largest absolute Gasteiger partial charge is 0.349 e. The molecule has 0 spiro atoms. The van der Waals surface area contributed by atoms with Crippen LogP contribution < -0.4 is 11.1 Å². The number of aromatic nitrogens is 1. The second kappa shape index (κ2) is 7.37. The van der Waals surface area contributed by atoms with E-state index >= 15 is 0 Å². The van der Waals surface area contributed by atoms with Crippen molar-refractivity contribution in [2.45, 2.75) is 13.3 Å². The summed E-state index contributed by atoms with van der Waals surface area (Å²) in [5.41, 5.74) is 5.93. The van der Waals surface area contributed by atoms with Crippen LogP contribution in [0.15, 0.2) is 5.38 Å². The Labute approximate surface area is 106 Å². The van der Waals surface area contributed by atoms with Gasteiger partial charge in [0.25, 0.3) is 5.91 Å². The Bertz CT molecular complexity index is 353. The number of nitrogens with two attached hydrogens (primary N) is 1. The number of thiazole rings is 1. The molecule has 0 saturated carbocycles. The van der Waals surface area contributed by atoms with Crippen LogP contribution in [-0.4, -0.2) is 49.0 Å². The molecule has 96 valence electrons. The van der Waals surface area contributed by atoms with Gasteiger partial charge in [-0.2, -0.15) is 0 Å². The molecule has 1 aromatic heterocycles. The SMILES string of the molecule is CCN(C)CCNC(=O)c1csc(CCN)n1. The third-order valence-electron chi connectivity index (χ3n) is 2.46. The molecule has 0 radical (unpaired) electrons. The fraction of sp³-hybridized carbons (Fsp3) is 0.636. The van der Waals surface area contributed by atoms with E-state index in [9.17, 15) is 4.79 Å². The highest BCUT2D eigenvalue weighted by atomic mass is 32.1. The Hall–Kier alpha value is -0.980. The van der Waals surface area contributed by atoms with E-state index in [4.69, 9.17) is 5.73 Å². The molecule has 1 rings (SSSR count). The third-order valence-corrected chi connectivity index (χ3v) is 3.37. The van der Waals surface area contributed by atoms with E-state index in [0.29, 0.717) is 18.8 Å². The van der Waals surface area contributed by atoms with Crippen LogP contribution in [0.5, 0.6) is 0 Å². The molecule has 3 N–H and O–H groups in total. The number of carbonyl (C=O) groups is 1. The molecule has 17 heavy (non-hydrogen) atoms. The van der Waals surface area contributed by atoms with E-state index in [-0.39, 0.29) is 5.91 Å². The molecule has 0 saturated heterocycles. The molecule has 0 fully saturated rings. The van der Waals surface area contributed by atoms with Crippen LogP contribution in [0.1, 0.15) is 22.4 Å². The first kappa shape index (κ1) is 14.1.